The standard InChI is InChI=1S/C18H16N4O3S/c23-16-7-13(9-22(16)10-14-4-2-6-25-14)17(24)21-18-20-15(11-26-18)12-3-1-5-19-8-12/h1-6,8,11,13H,7,9-10H2,(H,20,21,24). The fraction of sp³-hybridized carbons (Fsp3) is 0.222. The molecule has 4 rings (SSSR count). The molecule has 1 saturated heterocycles. The second kappa shape index (κ2) is 7.09. The Morgan fingerprint density at radius 3 is 3.08 bits per heavy atom. The van der Waals surface area contributed by atoms with E-state index >= 15 is 0 Å². The Balaban J connectivity index is 1.38. The Hall–Kier alpha value is -3.00. The van der Waals surface area contributed by atoms with Gasteiger partial charge in [0.1, 0.15) is 5.76 Å². The summed E-state index contributed by atoms with van der Waals surface area (Å²) in [6, 6.07) is 7.35. The van der Waals surface area contributed by atoms with E-state index in [0.29, 0.717) is 24.0 Å². The molecule has 0 aliphatic carbocycles. The number of hydrogen-bond donors (Lipinski definition) is 1. The highest BCUT2D eigenvalue weighted by molar-refractivity contribution is 7.14. The number of nitrogens with zero attached hydrogens (tertiary/aromatic N) is 3. The average Bonchev–Trinajstić information content (AvgIpc) is 3.39. The van der Waals surface area contributed by atoms with Crippen molar-refractivity contribution in [2.24, 2.45) is 5.92 Å². The van der Waals surface area contributed by atoms with Gasteiger partial charge in [-0.3, -0.25) is 14.6 Å². The molecule has 0 bridgehead atoms. The smallest absolute Gasteiger partial charge is 0.231 e. The molecule has 2 amide bonds. The van der Waals surface area contributed by atoms with Gasteiger partial charge >= 0.3 is 0 Å². The van der Waals surface area contributed by atoms with Gasteiger partial charge in [-0.25, -0.2) is 4.98 Å². The summed E-state index contributed by atoms with van der Waals surface area (Å²) in [4.78, 5) is 34.8. The molecule has 3 aromatic heterocycles. The lowest BCUT2D eigenvalue weighted by molar-refractivity contribution is -0.128. The number of carbonyl (C=O) groups is 2. The van der Waals surface area contributed by atoms with Crippen LogP contribution in [0.4, 0.5) is 5.13 Å². The van der Waals surface area contributed by atoms with Gasteiger partial charge in [-0.15, -0.1) is 11.3 Å². The van der Waals surface area contributed by atoms with Crippen molar-refractivity contribution in [3.05, 3.63) is 54.1 Å². The predicted molar refractivity (Wildman–Crippen MR) is 96.2 cm³/mol. The Morgan fingerprint density at radius 2 is 2.31 bits per heavy atom. The van der Waals surface area contributed by atoms with Gasteiger partial charge in [-0.05, 0) is 24.3 Å². The second-order valence-electron chi connectivity index (χ2n) is 6.02. The van der Waals surface area contributed by atoms with Gasteiger partial charge in [0.2, 0.25) is 11.8 Å². The normalized spacial score (nSPS) is 16.8. The van der Waals surface area contributed by atoms with Gasteiger partial charge in [-0.1, -0.05) is 0 Å². The van der Waals surface area contributed by atoms with Crippen LogP contribution in [-0.4, -0.2) is 33.2 Å². The number of likely N-dealkylation sites (tertiary alicyclic amines) is 1. The van der Waals surface area contributed by atoms with Crippen LogP contribution in [0, 0.1) is 5.92 Å². The quantitative estimate of drug-likeness (QED) is 0.748. The van der Waals surface area contributed by atoms with Crippen LogP contribution in [0.25, 0.3) is 11.3 Å². The number of furan rings is 1. The number of amides is 2. The summed E-state index contributed by atoms with van der Waals surface area (Å²) in [5.41, 5.74) is 1.66. The van der Waals surface area contributed by atoms with E-state index in [-0.39, 0.29) is 24.2 Å². The van der Waals surface area contributed by atoms with Crippen LogP contribution in [-0.2, 0) is 16.1 Å². The summed E-state index contributed by atoms with van der Waals surface area (Å²) in [5, 5.41) is 5.21. The zero-order valence-corrected chi connectivity index (χ0v) is 14.6. The highest BCUT2D eigenvalue weighted by Gasteiger charge is 2.34. The molecule has 0 saturated carbocycles. The zero-order valence-electron chi connectivity index (χ0n) is 13.8. The van der Waals surface area contributed by atoms with E-state index in [1.165, 1.54) is 11.3 Å². The maximum Gasteiger partial charge on any atom is 0.231 e. The number of hydrogen-bond acceptors (Lipinski definition) is 6. The van der Waals surface area contributed by atoms with Crippen molar-refractivity contribution >= 4 is 28.3 Å². The maximum absolute atomic E-state index is 12.5. The largest absolute Gasteiger partial charge is 0.467 e. The Kier molecular flexibility index (Phi) is 4.49. The van der Waals surface area contributed by atoms with Crippen LogP contribution in [0.15, 0.2) is 52.7 Å². The van der Waals surface area contributed by atoms with Gasteiger partial charge in [0.15, 0.2) is 5.13 Å². The number of nitrogens with one attached hydrogen (secondary N) is 1. The first-order valence-electron chi connectivity index (χ1n) is 8.16. The molecule has 4 heterocycles. The van der Waals surface area contributed by atoms with Gasteiger partial charge in [0.25, 0.3) is 0 Å². The molecule has 1 fully saturated rings. The number of aromatic nitrogens is 2. The molecule has 26 heavy (non-hydrogen) atoms. The van der Waals surface area contributed by atoms with E-state index < -0.39 is 0 Å². The minimum absolute atomic E-state index is 0.0447. The van der Waals surface area contributed by atoms with Crippen LogP contribution >= 0.6 is 11.3 Å². The lowest BCUT2D eigenvalue weighted by Crippen LogP contribution is -2.27. The number of anilines is 1. The molecule has 1 aliphatic rings. The summed E-state index contributed by atoms with van der Waals surface area (Å²) in [6.45, 7) is 0.768. The highest BCUT2D eigenvalue weighted by atomic mass is 32.1. The number of rotatable bonds is 5. The molecule has 1 aliphatic heterocycles. The van der Waals surface area contributed by atoms with Crippen molar-refractivity contribution in [1.29, 1.82) is 0 Å². The fourth-order valence-electron chi connectivity index (χ4n) is 2.88. The third-order valence-corrected chi connectivity index (χ3v) is 4.96. The molecule has 0 spiro atoms. The second-order valence-corrected chi connectivity index (χ2v) is 6.88. The van der Waals surface area contributed by atoms with Crippen molar-refractivity contribution < 1.29 is 14.0 Å². The monoisotopic (exact) mass is 368 g/mol. The Morgan fingerprint density at radius 1 is 1.38 bits per heavy atom. The van der Waals surface area contributed by atoms with Crippen molar-refractivity contribution in [3.8, 4) is 11.3 Å². The maximum atomic E-state index is 12.5. The first kappa shape index (κ1) is 16.5. The molecule has 1 atom stereocenters. The van der Waals surface area contributed by atoms with Gasteiger partial charge in [-0.2, -0.15) is 0 Å². The van der Waals surface area contributed by atoms with Gasteiger partial charge < -0.3 is 14.6 Å². The Labute approximate surface area is 153 Å². The van der Waals surface area contributed by atoms with Crippen LogP contribution in [0.5, 0.6) is 0 Å². The lowest BCUT2D eigenvalue weighted by atomic mass is 10.1. The summed E-state index contributed by atoms with van der Waals surface area (Å²) in [6.07, 6.45) is 5.20. The molecule has 1 unspecified atom stereocenters. The van der Waals surface area contributed by atoms with Gasteiger partial charge in [0, 0.05) is 36.3 Å². The Bertz CT molecular complexity index is 908. The topological polar surface area (TPSA) is 88.3 Å². The summed E-state index contributed by atoms with van der Waals surface area (Å²) in [5.74, 6) is 0.0905. The summed E-state index contributed by atoms with van der Waals surface area (Å²) >= 11 is 1.35. The van der Waals surface area contributed by atoms with E-state index in [1.807, 2.05) is 23.6 Å². The molecule has 8 heteroatoms. The molecule has 132 valence electrons. The van der Waals surface area contributed by atoms with Crippen molar-refractivity contribution in [2.75, 3.05) is 11.9 Å². The molecule has 1 N–H and O–H groups in total. The molecular formula is C18H16N4O3S. The van der Waals surface area contributed by atoms with E-state index in [0.717, 1.165) is 11.3 Å². The predicted octanol–water partition coefficient (Wildman–Crippen LogP) is 2.79. The molecular weight excluding hydrogens is 352 g/mol. The van der Waals surface area contributed by atoms with E-state index in [9.17, 15) is 9.59 Å². The minimum atomic E-state index is -0.386. The first-order valence-corrected chi connectivity index (χ1v) is 9.04. The van der Waals surface area contributed by atoms with Crippen molar-refractivity contribution in [3.63, 3.8) is 0 Å². The third kappa shape index (κ3) is 3.50. The lowest BCUT2D eigenvalue weighted by Gasteiger charge is -2.14. The summed E-state index contributed by atoms with van der Waals surface area (Å²) in [7, 11) is 0. The number of thiazole rings is 1. The first-order chi connectivity index (χ1) is 12.7. The average molecular weight is 368 g/mol. The molecule has 3 aromatic rings. The number of carbonyl (C=O) groups excluding carboxylic acids is 2. The summed E-state index contributed by atoms with van der Waals surface area (Å²) < 4.78 is 5.27. The number of pyridine rings is 1. The minimum Gasteiger partial charge on any atom is -0.467 e. The van der Waals surface area contributed by atoms with Crippen LogP contribution in [0.2, 0.25) is 0 Å². The fourth-order valence-corrected chi connectivity index (χ4v) is 3.60. The molecule has 0 radical (unpaired) electrons. The van der Waals surface area contributed by atoms with Gasteiger partial charge in [0.05, 0.1) is 24.4 Å². The van der Waals surface area contributed by atoms with E-state index in [2.05, 4.69) is 15.3 Å². The SMILES string of the molecule is O=C(Nc1nc(-c2cccnc2)cs1)C1CC(=O)N(Cc2ccco2)C1. The van der Waals surface area contributed by atoms with Crippen molar-refractivity contribution in [2.45, 2.75) is 13.0 Å². The highest BCUT2D eigenvalue weighted by Crippen LogP contribution is 2.26. The molecule has 7 nitrogen and oxygen atoms in total. The third-order valence-electron chi connectivity index (χ3n) is 4.20. The van der Waals surface area contributed by atoms with E-state index in [4.69, 9.17) is 4.42 Å². The van der Waals surface area contributed by atoms with Crippen LogP contribution < -0.4 is 5.32 Å². The van der Waals surface area contributed by atoms with Crippen molar-refractivity contribution in [1.82, 2.24) is 14.9 Å². The molecule has 0 aromatic carbocycles. The van der Waals surface area contributed by atoms with E-state index in [1.54, 1.807) is 29.6 Å². The zero-order chi connectivity index (χ0) is 17.9. The van der Waals surface area contributed by atoms with Crippen LogP contribution in [0.3, 0.4) is 0 Å². The van der Waals surface area contributed by atoms with Crippen LogP contribution in [0.1, 0.15) is 12.2 Å².